The second-order valence-corrected chi connectivity index (χ2v) is 11.5. The number of aliphatic hydroxyl groups is 1. The smallest absolute Gasteiger partial charge is 0.303 e. The topological polar surface area (TPSA) is 113 Å². The standard InChI is InChI=1S/C27H37ClN2O5/c1-16-5-7-22(21(28)11-16)29-23(32)14-18(6-8-24(33)34)25-20(9-10-31)26(35-30-25)19-12-17(13-19)15-27(2,3)4/h5,7,11,17-19,31H,6,8-10,12-15H2,1-4H3,(H,29,32)(H,33,34)/t17-,18-,19-/m1/s1. The second kappa shape index (κ2) is 11.6. The highest BCUT2D eigenvalue weighted by Crippen LogP contribution is 2.48. The fourth-order valence-electron chi connectivity index (χ4n) is 5.10. The molecule has 1 aromatic carbocycles. The van der Waals surface area contributed by atoms with Crippen molar-refractivity contribution in [3.63, 3.8) is 0 Å². The van der Waals surface area contributed by atoms with E-state index in [2.05, 4.69) is 31.2 Å². The number of aliphatic hydroxyl groups excluding tert-OH is 1. The lowest BCUT2D eigenvalue weighted by Gasteiger charge is -2.38. The highest BCUT2D eigenvalue weighted by Gasteiger charge is 2.38. The minimum absolute atomic E-state index is 0.0409. The zero-order valence-electron chi connectivity index (χ0n) is 21.1. The average Bonchev–Trinajstić information content (AvgIpc) is 3.12. The van der Waals surface area contributed by atoms with E-state index in [4.69, 9.17) is 16.1 Å². The fourth-order valence-corrected chi connectivity index (χ4v) is 5.38. The Bertz CT molecular complexity index is 1040. The van der Waals surface area contributed by atoms with Gasteiger partial charge < -0.3 is 20.1 Å². The zero-order valence-corrected chi connectivity index (χ0v) is 21.8. The summed E-state index contributed by atoms with van der Waals surface area (Å²) in [5.41, 5.74) is 3.17. The maximum Gasteiger partial charge on any atom is 0.303 e. The van der Waals surface area contributed by atoms with E-state index < -0.39 is 11.9 Å². The number of aromatic nitrogens is 1. The van der Waals surface area contributed by atoms with Crippen LogP contribution in [0.15, 0.2) is 22.7 Å². The highest BCUT2D eigenvalue weighted by molar-refractivity contribution is 6.33. The number of nitrogens with one attached hydrogen (secondary N) is 1. The van der Waals surface area contributed by atoms with Crippen LogP contribution in [-0.4, -0.2) is 33.9 Å². The summed E-state index contributed by atoms with van der Waals surface area (Å²) in [6, 6.07) is 5.38. The van der Waals surface area contributed by atoms with E-state index in [9.17, 15) is 19.8 Å². The van der Waals surface area contributed by atoms with E-state index in [0.29, 0.717) is 28.7 Å². The van der Waals surface area contributed by atoms with Crippen LogP contribution in [0.3, 0.4) is 0 Å². The number of halogens is 1. The molecule has 1 aliphatic rings. The lowest BCUT2D eigenvalue weighted by molar-refractivity contribution is -0.137. The molecule has 0 radical (unpaired) electrons. The molecule has 1 fully saturated rings. The first-order valence-corrected chi connectivity index (χ1v) is 12.7. The molecule has 7 nitrogen and oxygen atoms in total. The van der Waals surface area contributed by atoms with Crippen molar-refractivity contribution in [3.8, 4) is 0 Å². The molecule has 1 aliphatic carbocycles. The van der Waals surface area contributed by atoms with Crippen molar-refractivity contribution in [1.29, 1.82) is 0 Å². The Morgan fingerprint density at radius 2 is 2.00 bits per heavy atom. The van der Waals surface area contributed by atoms with Crippen LogP contribution in [0.4, 0.5) is 5.69 Å². The van der Waals surface area contributed by atoms with Crippen molar-refractivity contribution in [1.82, 2.24) is 5.16 Å². The Morgan fingerprint density at radius 3 is 2.60 bits per heavy atom. The number of hydrogen-bond acceptors (Lipinski definition) is 5. The van der Waals surface area contributed by atoms with Gasteiger partial charge in [-0.05, 0) is 61.6 Å². The van der Waals surface area contributed by atoms with Crippen LogP contribution < -0.4 is 5.32 Å². The number of carboxylic acid groups (broad SMARTS) is 1. The molecule has 0 spiro atoms. The van der Waals surface area contributed by atoms with Crippen LogP contribution in [0.25, 0.3) is 0 Å². The summed E-state index contributed by atoms with van der Waals surface area (Å²) in [5, 5.41) is 26.6. The molecule has 0 aliphatic heterocycles. The summed E-state index contributed by atoms with van der Waals surface area (Å²) >= 11 is 6.26. The number of aliphatic carboxylic acids is 1. The van der Waals surface area contributed by atoms with E-state index in [1.54, 1.807) is 12.1 Å². The van der Waals surface area contributed by atoms with Crippen molar-refractivity contribution in [3.05, 3.63) is 45.8 Å². The second-order valence-electron chi connectivity index (χ2n) is 11.0. The first kappa shape index (κ1) is 27.2. The van der Waals surface area contributed by atoms with Gasteiger partial charge in [-0.25, -0.2) is 0 Å². The molecule has 3 N–H and O–H groups in total. The molecule has 0 unspecified atom stereocenters. The Balaban J connectivity index is 1.78. The van der Waals surface area contributed by atoms with Crippen LogP contribution in [0.1, 0.15) is 93.7 Å². The van der Waals surface area contributed by atoms with Gasteiger partial charge in [0.2, 0.25) is 5.91 Å². The van der Waals surface area contributed by atoms with Gasteiger partial charge in [0.05, 0.1) is 16.4 Å². The van der Waals surface area contributed by atoms with Crippen molar-refractivity contribution in [2.45, 2.75) is 84.5 Å². The Labute approximate surface area is 212 Å². The van der Waals surface area contributed by atoms with Crippen LogP contribution in [0, 0.1) is 18.3 Å². The number of carbonyl (C=O) groups excluding carboxylic acids is 1. The van der Waals surface area contributed by atoms with Gasteiger partial charge in [-0.15, -0.1) is 0 Å². The van der Waals surface area contributed by atoms with E-state index in [1.165, 1.54) is 0 Å². The summed E-state index contributed by atoms with van der Waals surface area (Å²) in [4.78, 5) is 24.2. The normalized spacial score (nSPS) is 18.7. The van der Waals surface area contributed by atoms with Gasteiger partial charge in [0.25, 0.3) is 0 Å². The lowest BCUT2D eigenvalue weighted by Crippen LogP contribution is -2.26. The quantitative estimate of drug-likeness (QED) is 0.342. The Kier molecular flexibility index (Phi) is 9.00. The maximum absolute atomic E-state index is 12.9. The molecule has 1 heterocycles. The number of hydrogen-bond donors (Lipinski definition) is 3. The number of nitrogens with zero attached hydrogens (tertiary/aromatic N) is 1. The molecule has 0 saturated heterocycles. The molecular weight excluding hydrogens is 468 g/mol. The Morgan fingerprint density at radius 1 is 1.29 bits per heavy atom. The van der Waals surface area contributed by atoms with Gasteiger partial charge in [0.15, 0.2) is 0 Å². The fraction of sp³-hybridized carbons (Fsp3) is 0.593. The summed E-state index contributed by atoms with van der Waals surface area (Å²) in [6.45, 7) is 8.57. The molecule has 1 aromatic heterocycles. The van der Waals surface area contributed by atoms with Crippen LogP contribution in [0.5, 0.6) is 0 Å². The van der Waals surface area contributed by atoms with E-state index in [-0.39, 0.29) is 43.1 Å². The molecule has 192 valence electrons. The number of rotatable bonds is 11. The monoisotopic (exact) mass is 504 g/mol. The molecule has 1 atom stereocenters. The number of carbonyl (C=O) groups is 2. The third-order valence-electron chi connectivity index (χ3n) is 6.64. The van der Waals surface area contributed by atoms with Crippen molar-refractivity contribution < 1.29 is 24.3 Å². The Hall–Kier alpha value is -2.38. The molecule has 35 heavy (non-hydrogen) atoms. The lowest BCUT2D eigenvalue weighted by atomic mass is 9.67. The van der Waals surface area contributed by atoms with Gasteiger partial charge in [-0.2, -0.15) is 0 Å². The van der Waals surface area contributed by atoms with Crippen molar-refractivity contribution in [2.24, 2.45) is 11.3 Å². The molecule has 1 amide bonds. The molecule has 3 rings (SSSR count). The molecule has 1 saturated carbocycles. The summed E-state index contributed by atoms with van der Waals surface area (Å²) in [5.74, 6) is -0.0110. The highest BCUT2D eigenvalue weighted by atomic mass is 35.5. The third kappa shape index (κ3) is 7.55. The summed E-state index contributed by atoms with van der Waals surface area (Å²) < 4.78 is 5.79. The minimum atomic E-state index is -0.937. The number of carboxylic acids is 1. The molecule has 8 heteroatoms. The average molecular weight is 505 g/mol. The van der Waals surface area contributed by atoms with Gasteiger partial charge in [0, 0.05) is 43.3 Å². The van der Waals surface area contributed by atoms with Gasteiger partial charge in [-0.1, -0.05) is 43.6 Å². The summed E-state index contributed by atoms with van der Waals surface area (Å²) in [7, 11) is 0. The van der Waals surface area contributed by atoms with Crippen LogP contribution in [-0.2, 0) is 16.0 Å². The van der Waals surface area contributed by atoms with Gasteiger partial charge in [0.1, 0.15) is 5.76 Å². The van der Waals surface area contributed by atoms with Crippen LogP contribution in [0.2, 0.25) is 5.02 Å². The molecule has 0 bridgehead atoms. The van der Waals surface area contributed by atoms with E-state index >= 15 is 0 Å². The third-order valence-corrected chi connectivity index (χ3v) is 6.95. The van der Waals surface area contributed by atoms with E-state index in [1.807, 2.05) is 13.0 Å². The zero-order chi connectivity index (χ0) is 25.8. The van der Waals surface area contributed by atoms with Gasteiger partial charge in [-0.3, -0.25) is 9.59 Å². The van der Waals surface area contributed by atoms with E-state index in [0.717, 1.165) is 36.1 Å². The maximum atomic E-state index is 12.9. The molecular formula is C27H37ClN2O5. The van der Waals surface area contributed by atoms with Crippen molar-refractivity contribution >= 4 is 29.2 Å². The summed E-state index contributed by atoms with van der Waals surface area (Å²) in [6.07, 6.45) is 3.71. The van der Waals surface area contributed by atoms with Crippen molar-refractivity contribution in [2.75, 3.05) is 11.9 Å². The molecule has 2 aromatic rings. The van der Waals surface area contributed by atoms with Gasteiger partial charge >= 0.3 is 5.97 Å². The largest absolute Gasteiger partial charge is 0.481 e. The first-order valence-electron chi connectivity index (χ1n) is 12.3. The first-order chi connectivity index (χ1) is 16.5. The number of benzene rings is 1. The number of aryl methyl sites for hydroxylation is 1. The minimum Gasteiger partial charge on any atom is -0.481 e. The predicted octanol–water partition coefficient (Wildman–Crippen LogP) is 6.08. The number of amides is 1. The predicted molar refractivity (Wildman–Crippen MR) is 136 cm³/mol. The number of anilines is 1. The van der Waals surface area contributed by atoms with Crippen LogP contribution >= 0.6 is 11.6 Å². The SMILES string of the molecule is Cc1ccc(NC(=O)C[C@@H](CCC(=O)O)c2noc([C@H]3C[C@H](CC(C)(C)C)C3)c2CCO)c(Cl)c1.